The third kappa shape index (κ3) is 5.93. The SMILES string of the molecule is CC(=O)N(C)c1cc(C2CCN(C(COCc3ccccc3)C(=O)O)CC2)ccc1C. The number of aliphatic carboxylic acids is 1. The minimum atomic E-state index is -0.841. The normalized spacial score (nSPS) is 16.1. The number of piperidine rings is 1. The fourth-order valence-corrected chi connectivity index (χ4v) is 4.15. The Labute approximate surface area is 184 Å². The maximum absolute atomic E-state index is 11.9. The number of benzene rings is 2. The first-order valence-corrected chi connectivity index (χ1v) is 10.8. The van der Waals surface area contributed by atoms with Crippen molar-refractivity contribution in [3.63, 3.8) is 0 Å². The van der Waals surface area contributed by atoms with Gasteiger partial charge in [-0.25, -0.2) is 0 Å². The van der Waals surface area contributed by atoms with E-state index in [-0.39, 0.29) is 12.5 Å². The van der Waals surface area contributed by atoms with Crippen LogP contribution < -0.4 is 4.90 Å². The van der Waals surface area contributed by atoms with Crippen LogP contribution in [0.25, 0.3) is 0 Å². The van der Waals surface area contributed by atoms with E-state index in [9.17, 15) is 14.7 Å². The van der Waals surface area contributed by atoms with Gasteiger partial charge in [-0.1, -0.05) is 42.5 Å². The number of carboxylic acids is 1. The second-order valence-electron chi connectivity index (χ2n) is 8.29. The van der Waals surface area contributed by atoms with Crippen molar-refractivity contribution in [3.05, 3.63) is 65.2 Å². The molecule has 2 aromatic carbocycles. The molecule has 31 heavy (non-hydrogen) atoms. The Hall–Kier alpha value is -2.70. The number of ether oxygens (including phenoxy) is 1. The highest BCUT2D eigenvalue weighted by atomic mass is 16.5. The molecule has 1 unspecified atom stereocenters. The number of aryl methyl sites for hydroxylation is 1. The Morgan fingerprint density at radius 1 is 1.16 bits per heavy atom. The van der Waals surface area contributed by atoms with Gasteiger partial charge in [0.25, 0.3) is 0 Å². The predicted molar refractivity (Wildman–Crippen MR) is 121 cm³/mol. The lowest BCUT2D eigenvalue weighted by molar-refractivity contribution is -0.146. The average molecular weight is 425 g/mol. The third-order valence-electron chi connectivity index (χ3n) is 6.18. The minimum absolute atomic E-state index is 0.00914. The molecule has 0 radical (unpaired) electrons. The quantitative estimate of drug-likeness (QED) is 0.698. The van der Waals surface area contributed by atoms with Crippen LogP contribution >= 0.6 is 0 Å². The number of hydrogen-bond acceptors (Lipinski definition) is 4. The molecule has 0 aromatic heterocycles. The molecule has 0 aliphatic carbocycles. The van der Waals surface area contributed by atoms with E-state index >= 15 is 0 Å². The van der Waals surface area contributed by atoms with Gasteiger partial charge in [-0.15, -0.1) is 0 Å². The zero-order valence-electron chi connectivity index (χ0n) is 18.6. The number of likely N-dealkylation sites (tertiary alicyclic amines) is 1. The van der Waals surface area contributed by atoms with Gasteiger partial charge < -0.3 is 14.7 Å². The summed E-state index contributed by atoms with van der Waals surface area (Å²) in [6.07, 6.45) is 1.77. The molecule has 1 atom stereocenters. The van der Waals surface area contributed by atoms with Gasteiger partial charge >= 0.3 is 5.97 Å². The van der Waals surface area contributed by atoms with Crippen molar-refractivity contribution in [1.82, 2.24) is 4.90 Å². The molecule has 0 bridgehead atoms. The van der Waals surface area contributed by atoms with E-state index in [2.05, 4.69) is 18.2 Å². The van der Waals surface area contributed by atoms with Gasteiger partial charge in [0.15, 0.2) is 0 Å². The van der Waals surface area contributed by atoms with E-state index in [1.807, 2.05) is 42.2 Å². The molecule has 1 amide bonds. The van der Waals surface area contributed by atoms with Gasteiger partial charge in [0, 0.05) is 19.7 Å². The van der Waals surface area contributed by atoms with Crippen LogP contribution in [0.2, 0.25) is 0 Å². The van der Waals surface area contributed by atoms with Crippen molar-refractivity contribution in [1.29, 1.82) is 0 Å². The molecule has 1 fully saturated rings. The van der Waals surface area contributed by atoms with E-state index < -0.39 is 12.0 Å². The molecule has 6 nitrogen and oxygen atoms in total. The van der Waals surface area contributed by atoms with Gasteiger partial charge in [0.05, 0.1) is 13.2 Å². The summed E-state index contributed by atoms with van der Waals surface area (Å²) in [6.45, 7) is 5.58. The fraction of sp³-hybridized carbons (Fsp3) is 0.440. The molecule has 166 valence electrons. The highest BCUT2D eigenvalue weighted by Crippen LogP contribution is 2.32. The number of hydrogen-bond donors (Lipinski definition) is 1. The lowest BCUT2D eigenvalue weighted by Crippen LogP contribution is -2.47. The van der Waals surface area contributed by atoms with Crippen LogP contribution in [0.5, 0.6) is 0 Å². The van der Waals surface area contributed by atoms with Gasteiger partial charge in [-0.3, -0.25) is 14.5 Å². The van der Waals surface area contributed by atoms with Crippen molar-refractivity contribution in [2.45, 2.75) is 45.3 Å². The third-order valence-corrected chi connectivity index (χ3v) is 6.18. The summed E-state index contributed by atoms with van der Waals surface area (Å²) in [7, 11) is 1.80. The molecule has 1 heterocycles. The number of rotatable bonds is 8. The van der Waals surface area contributed by atoms with Gasteiger partial charge in [-0.2, -0.15) is 0 Å². The summed E-state index contributed by atoms with van der Waals surface area (Å²) in [5, 5.41) is 9.73. The average Bonchev–Trinajstić information content (AvgIpc) is 2.77. The standard InChI is InChI=1S/C25H32N2O4/c1-18-9-10-22(15-23(18)26(3)19(2)28)21-11-13-27(14-12-21)24(25(29)30)17-31-16-20-7-5-4-6-8-20/h4-10,15,21,24H,11-14,16-17H2,1-3H3,(H,29,30). The summed E-state index contributed by atoms with van der Waals surface area (Å²) in [6, 6.07) is 15.4. The van der Waals surface area contributed by atoms with Gasteiger partial charge in [-0.05, 0) is 61.5 Å². The zero-order chi connectivity index (χ0) is 22.4. The number of carbonyl (C=O) groups is 2. The predicted octanol–water partition coefficient (Wildman–Crippen LogP) is 3.83. The Balaban J connectivity index is 1.59. The first-order chi connectivity index (χ1) is 14.9. The van der Waals surface area contributed by atoms with Crippen molar-refractivity contribution < 1.29 is 19.4 Å². The van der Waals surface area contributed by atoms with Crippen molar-refractivity contribution in [2.24, 2.45) is 0 Å². The molecule has 0 spiro atoms. The number of carbonyl (C=O) groups excluding carboxylic acids is 1. The molecule has 1 saturated heterocycles. The van der Waals surface area contributed by atoms with E-state index in [1.165, 1.54) is 5.56 Å². The van der Waals surface area contributed by atoms with Crippen LogP contribution in [0.15, 0.2) is 48.5 Å². The van der Waals surface area contributed by atoms with Crippen molar-refractivity contribution in [3.8, 4) is 0 Å². The van der Waals surface area contributed by atoms with E-state index in [1.54, 1.807) is 18.9 Å². The first-order valence-electron chi connectivity index (χ1n) is 10.8. The lowest BCUT2D eigenvalue weighted by atomic mass is 9.88. The largest absolute Gasteiger partial charge is 0.480 e. The Morgan fingerprint density at radius 3 is 2.45 bits per heavy atom. The number of nitrogens with zero attached hydrogens (tertiary/aromatic N) is 2. The monoisotopic (exact) mass is 424 g/mol. The summed E-state index contributed by atoms with van der Waals surface area (Å²) in [5.74, 6) is -0.474. The topological polar surface area (TPSA) is 70.1 Å². The molecule has 6 heteroatoms. The number of anilines is 1. The number of carboxylic acid groups (broad SMARTS) is 1. The summed E-state index contributed by atoms with van der Waals surface area (Å²) in [4.78, 5) is 27.3. The molecule has 1 N–H and O–H groups in total. The lowest BCUT2D eigenvalue weighted by Gasteiger charge is -2.36. The van der Waals surface area contributed by atoms with Crippen LogP contribution in [0.3, 0.4) is 0 Å². The summed E-state index contributed by atoms with van der Waals surface area (Å²) in [5.41, 5.74) is 4.25. The van der Waals surface area contributed by atoms with Crippen LogP contribution in [0.1, 0.15) is 42.4 Å². The molecule has 3 rings (SSSR count). The summed E-state index contributed by atoms with van der Waals surface area (Å²) >= 11 is 0. The second kappa shape index (κ2) is 10.6. The van der Waals surface area contributed by atoms with Gasteiger partial charge in [0.2, 0.25) is 5.91 Å². The van der Waals surface area contributed by atoms with E-state index in [4.69, 9.17) is 4.74 Å². The minimum Gasteiger partial charge on any atom is -0.480 e. The van der Waals surface area contributed by atoms with E-state index in [0.717, 1.165) is 29.7 Å². The summed E-state index contributed by atoms with van der Waals surface area (Å²) < 4.78 is 5.73. The fourth-order valence-electron chi connectivity index (χ4n) is 4.15. The van der Waals surface area contributed by atoms with Crippen molar-refractivity contribution in [2.75, 3.05) is 31.6 Å². The highest BCUT2D eigenvalue weighted by Gasteiger charge is 2.30. The number of amides is 1. The van der Waals surface area contributed by atoms with Crippen LogP contribution in [0, 0.1) is 6.92 Å². The van der Waals surface area contributed by atoms with Crippen molar-refractivity contribution >= 4 is 17.6 Å². The Bertz CT molecular complexity index is 892. The molecular weight excluding hydrogens is 392 g/mol. The second-order valence-corrected chi connectivity index (χ2v) is 8.29. The smallest absolute Gasteiger partial charge is 0.323 e. The molecular formula is C25H32N2O4. The Morgan fingerprint density at radius 2 is 1.84 bits per heavy atom. The Kier molecular flexibility index (Phi) is 7.82. The van der Waals surface area contributed by atoms with Crippen LogP contribution in [0.4, 0.5) is 5.69 Å². The molecule has 1 aliphatic rings. The van der Waals surface area contributed by atoms with Crippen LogP contribution in [-0.2, 0) is 20.9 Å². The molecule has 1 aliphatic heterocycles. The maximum atomic E-state index is 11.9. The molecule has 2 aromatic rings. The molecule has 0 saturated carbocycles. The maximum Gasteiger partial charge on any atom is 0.323 e. The van der Waals surface area contributed by atoms with E-state index in [0.29, 0.717) is 25.6 Å². The first kappa shape index (κ1) is 23.0. The van der Waals surface area contributed by atoms with Gasteiger partial charge in [0.1, 0.15) is 6.04 Å². The van der Waals surface area contributed by atoms with Crippen LogP contribution in [-0.4, -0.2) is 54.7 Å². The highest BCUT2D eigenvalue weighted by molar-refractivity contribution is 5.91. The zero-order valence-corrected chi connectivity index (χ0v) is 18.6.